The Morgan fingerprint density at radius 1 is 1.24 bits per heavy atom. The highest BCUT2D eigenvalue weighted by molar-refractivity contribution is 5.82. The van der Waals surface area contributed by atoms with Crippen molar-refractivity contribution in [2.45, 2.75) is 32.7 Å². The van der Waals surface area contributed by atoms with E-state index < -0.39 is 5.41 Å². The van der Waals surface area contributed by atoms with Crippen LogP contribution in [0.4, 0.5) is 4.79 Å². The minimum absolute atomic E-state index is 0.0110. The van der Waals surface area contributed by atoms with Crippen molar-refractivity contribution in [2.24, 2.45) is 5.41 Å². The number of benzene rings is 1. The molecule has 8 nitrogen and oxygen atoms in total. The predicted molar refractivity (Wildman–Crippen MR) is 109 cm³/mol. The lowest BCUT2D eigenvalue weighted by Gasteiger charge is -2.33. The van der Waals surface area contributed by atoms with Gasteiger partial charge in [0.15, 0.2) is 0 Å². The van der Waals surface area contributed by atoms with Crippen LogP contribution >= 0.6 is 0 Å². The van der Waals surface area contributed by atoms with Crippen molar-refractivity contribution in [1.29, 1.82) is 0 Å². The molecular weight excluding hydrogens is 372 g/mol. The summed E-state index contributed by atoms with van der Waals surface area (Å²) < 4.78 is 5.24. The molecule has 1 aromatic carbocycles. The molecule has 3 rings (SSSR count). The van der Waals surface area contributed by atoms with Gasteiger partial charge in [0, 0.05) is 50.6 Å². The van der Waals surface area contributed by atoms with Crippen LogP contribution in [0.25, 0.3) is 0 Å². The van der Waals surface area contributed by atoms with E-state index in [4.69, 9.17) is 4.74 Å². The SMILES string of the molecule is COc1cccc(CC(=O)N2CCN(C(=O)NC(C)C)C[C@@]3(CNC(=O)C3)C2)c1. The summed E-state index contributed by atoms with van der Waals surface area (Å²) in [6.45, 7) is 6.10. The molecule has 0 bridgehead atoms. The number of nitrogens with zero attached hydrogens (tertiary/aromatic N) is 2. The lowest BCUT2D eigenvalue weighted by molar-refractivity contribution is -0.131. The molecule has 2 aliphatic rings. The first-order valence-electron chi connectivity index (χ1n) is 10.0. The monoisotopic (exact) mass is 402 g/mol. The van der Waals surface area contributed by atoms with Crippen LogP contribution in [-0.4, -0.2) is 73.5 Å². The number of methoxy groups -OCH3 is 1. The van der Waals surface area contributed by atoms with Crippen LogP contribution < -0.4 is 15.4 Å². The molecule has 4 amide bonds. The zero-order chi connectivity index (χ0) is 21.0. The number of nitrogens with one attached hydrogen (secondary N) is 2. The van der Waals surface area contributed by atoms with Crippen LogP contribution in [0.15, 0.2) is 24.3 Å². The highest BCUT2D eigenvalue weighted by Crippen LogP contribution is 2.31. The van der Waals surface area contributed by atoms with Gasteiger partial charge in [0.25, 0.3) is 0 Å². The topological polar surface area (TPSA) is 91.0 Å². The van der Waals surface area contributed by atoms with Gasteiger partial charge >= 0.3 is 6.03 Å². The van der Waals surface area contributed by atoms with Crippen molar-refractivity contribution >= 4 is 17.8 Å². The second-order valence-electron chi connectivity index (χ2n) is 8.32. The lowest BCUT2D eigenvalue weighted by Crippen LogP contribution is -2.48. The Hall–Kier alpha value is -2.77. The van der Waals surface area contributed by atoms with Gasteiger partial charge in [-0.05, 0) is 31.5 Å². The second-order valence-corrected chi connectivity index (χ2v) is 8.32. The van der Waals surface area contributed by atoms with E-state index in [1.54, 1.807) is 16.9 Å². The van der Waals surface area contributed by atoms with Crippen molar-refractivity contribution in [3.8, 4) is 5.75 Å². The normalized spacial score (nSPS) is 21.9. The van der Waals surface area contributed by atoms with Gasteiger partial charge in [-0.15, -0.1) is 0 Å². The van der Waals surface area contributed by atoms with Gasteiger partial charge in [-0.3, -0.25) is 9.59 Å². The Bertz CT molecular complexity index is 782. The fraction of sp³-hybridized carbons (Fsp3) is 0.571. The molecule has 2 saturated heterocycles. The van der Waals surface area contributed by atoms with E-state index >= 15 is 0 Å². The van der Waals surface area contributed by atoms with E-state index in [-0.39, 0.29) is 30.3 Å². The predicted octanol–water partition coefficient (Wildman–Crippen LogP) is 1.01. The van der Waals surface area contributed by atoms with Gasteiger partial charge in [0.1, 0.15) is 5.75 Å². The van der Waals surface area contributed by atoms with E-state index in [0.717, 1.165) is 5.56 Å². The molecule has 0 radical (unpaired) electrons. The standard InChI is InChI=1S/C21H30N4O4/c1-15(2)23-20(28)25-8-7-24(13-21(14-25)11-18(26)22-12-21)19(27)10-16-5-4-6-17(9-16)29-3/h4-6,9,15H,7-8,10-14H2,1-3H3,(H,22,26)(H,23,28)/t21-/m0/s1. The van der Waals surface area contributed by atoms with E-state index in [1.807, 2.05) is 38.1 Å². The minimum atomic E-state index is -0.452. The van der Waals surface area contributed by atoms with Gasteiger partial charge < -0.3 is 25.2 Å². The fourth-order valence-corrected chi connectivity index (χ4v) is 4.03. The summed E-state index contributed by atoms with van der Waals surface area (Å²) >= 11 is 0. The molecular formula is C21H30N4O4. The average molecular weight is 402 g/mol. The number of amides is 4. The number of hydrogen-bond donors (Lipinski definition) is 2. The molecule has 1 aromatic rings. The first-order chi connectivity index (χ1) is 13.8. The zero-order valence-electron chi connectivity index (χ0n) is 17.4. The van der Waals surface area contributed by atoms with Crippen LogP contribution in [0, 0.1) is 5.41 Å². The summed E-state index contributed by atoms with van der Waals surface area (Å²) in [5.41, 5.74) is 0.425. The number of carbonyl (C=O) groups is 3. The average Bonchev–Trinajstić information content (AvgIpc) is 2.92. The number of rotatable bonds is 4. The highest BCUT2D eigenvalue weighted by Gasteiger charge is 2.44. The van der Waals surface area contributed by atoms with Crippen molar-refractivity contribution in [3.63, 3.8) is 0 Å². The molecule has 2 N–H and O–H groups in total. The van der Waals surface area contributed by atoms with Crippen LogP contribution in [-0.2, 0) is 16.0 Å². The summed E-state index contributed by atoms with van der Waals surface area (Å²) in [7, 11) is 1.60. The third-order valence-corrected chi connectivity index (χ3v) is 5.43. The van der Waals surface area contributed by atoms with Crippen LogP contribution in [0.5, 0.6) is 5.75 Å². The molecule has 8 heteroatoms. The number of carbonyl (C=O) groups excluding carboxylic acids is 3. The minimum Gasteiger partial charge on any atom is -0.497 e. The van der Waals surface area contributed by atoms with Crippen molar-refractivity contribution in [1.82, 2.24) is 20.4 Å². The van der Waals surface area contributed by atoms with Gasteiger partial charge in [0.2, 0.25) is 11.8 Å². The zero-order valence-corrected chi connectivity index (χ0v) is 17.4. The number of hydrogen-bond acceptors (Lipinski definition) is 4. The summed E-state index contributed by atoms with van der Waals surface area (Å²) in [5.74, 6) is 0.671. The van der Waals surface area contributed by atoms with E-state index in [2.05, 4.69) is 10.6 Å². The van der Waals surface area contributed by atoms with Gasteiger partial charge in [0.05, 0.1) is 13.5 Å². The molecule has 2 fully saturated rings. The van der Waals surface area contributed by atoms with Crippen molar-refractivity contribution < 1.29 is 19.1 Å². The van der Waals surface area contributed by atoms with Crippen molar-refractivity contribution in [3.05, 3.63) is 29.8 Å². The maximum absolute atomic E-state index is 13.1. The van der Waals surface area contributed by atoms with E-state index in [9.17, 15) is 14.4 Å². The van der Waals surface area contributed by atoms with Gasteiger partial charge in [-0.1, -0.05) is 12.1 Å². The highest BCUT2D eigenvalue weighted by atomic mass is 16.5. The Morgan fingerprint density at radius 2 is 1.97 bits per heavy atom. The molecule has 0 aliphatic carbocycles. The number of ether oxygens (including phenoxy) is 1. The van der Waals surface area contributed by atoms with E-state index in [0.29, 0.717) is 44.9 Å². The molecule has 2 aliphatic heterocycles. The molecule has 1 spiro atoms. The van der Waals surface area contributed by atoms with Crippen LogP contribution in [0.3, 0.4) is 0 Å². The maximum Gasteiger partial charge on any atom is 0.317 e. The van der Waals surface area contributed by atoms with Crippen molar-refractivity contribution in [2.75, 3.05) is 39.8 Å². The fourth-order valence-electron chi connectivity index (χ4n) is 4.03. The smallest absolute Gasteiger partial charge is 0.317 e. The summed E-state index contributed by atoms with van der Waals surface area (Å²) in [5, 5.41) is 5.80. The second kappa shape index (κ2) is 8.71. The summed E-state index contributed by atoms with van der Waals surface area (Å²) in [6.07, 6.45) is 0.578. The Balaban J connectivity index is 1.76. The maximum atomic E-state index is 13.1. The first-order valence-corrected chi connectivity index (χ1v) is 10.0. The third-order valence-electron chi connectivity index (χ3n) is 5.43. The lowest BCUT2D eigenvalue weighted by atomic mass is 9.86. The molecule has 1 atom stereocenters. The molecule has 0 saturated carbocycles. The molecule has 0 unspecified atom stereocenters. The number of urea groups is 1. The molecule has 0 aromatic heterocycles. The Morgan fingerprint density at radius 3 is 2.62 bits per heavy atom. The first kappa shape index (κ1) is 21.0. The quantitative estimate of drug-likeness (QED) is 0.786. The largest absolute Gasteiger partial charge is 0.497 e. The summed E-state index contributed by atoms with van der Waals surface area (Å²) in [6, 6.07) is 7.33. The van der Waals surface area contributed by atoms with Gasteiger partial charge in [-0.25, -0.2) is 4.79 Å². The van der Waals surface area contributed by atoms with Crippen LogP contribution in [0.1, 0.15) is 25.8 Å². The van der Waals surface area contributed by atoms with E-state index in [1.165, 1.54) is 0 Å². The third kappa shape index (κ3) is 5.19. The Kier molecular flexibility index (Phi) is 6.30. The molecule has 158 valence electrons. The Labute approximate surface area is 171 Å². The van der Waals surface area contributed by atoms with Crippen LogP contribution in [0.2, 0.25) is 0 Å². The van der Waals surface area contributed by atoms with Gasteiger partial charge in [-0.2, -0.15) is 0 Å². The molecule has 2 heterocycles. The summed E-state index contributed by atoms with van der Waals surface area (Å²) in [4.78, 5) is 41.2. The molecule has 29 heavy (non-hydrogen) atoms.